The number of hydrogen-bond acceptors (Lipinski definition) is 5. The van der Waals surface area contributed by atoms with E-state index in [0.29, 0.717) is 0 Å². The molecule has 1 amide bonds. The normalized spacial score (nSPS) is 15.9. The standard InChI is InChI=1S/C21H24N2O5S/c1-14(16-7-4-3-5-8-16)23-29(26,27)19-10-6-9-17(13-19)21(25)28-15(2)20(24)22-18-11-12-18/h3-10,13-15,18,23H,11-12H2,1-2H3,(H,22,24)/t14-,15+/m1/s1. The Kier molecular flexibility index (Phi) is 6.34. The van der Waals surface area contributed by atoms with Crippen molar-refractivity contribution >= 4 is 21.9 Å². The van der Waals surface area contributed by atoms with E-state index >= 15 is 0 Å². The summed E-state index contributed by atoms with van der Waals surface area (Å²) < 4.78 is 33.2. The number of carbonyl (C=O) groups excluding carboxylic acids is 2. The van der Waals surface area contributed by atoms with Crippen LogP contribution in [0.3, 0.4) is 0 Å². The highest BCUT2D eigenvalue weighted by Gasteiger charge is 2.28. The molecule has 2 atom stereocenters. The van der Waals surface area contributed by atoms with Crippen molar-refractivity contribution in [1.29, 1.82) is 0 Å². The lowest BCUT2D eigenvalue weighted by atomic mass is 10.1. The van der Waals surface area contributed by atoms with Crippen LogP contribution in [0.2, 0.25) is 0 Å². The van der Waals surface area contributed by atoms with Crippen molar-refractivity contribution < 1.29 is 22.7 Å². The molecule has 0 radical (unpaired) electrons. The van der Waals surface area contributed by atoms with Crippen LogP contribution >= 0.6 is 0 Å². The molecule has 29 heavy (non-hydrogen) atoms. The second-order valence-corrected chi connectivity index (χ2v) is 8.83. The average Bonchev–Trinajstić information content (AvgIpc) is 3.52. The minimum Gasteiger partial charge on any atom is -0.449 e. The Morgan fingerprint density at radius 3 is 2.38 bits per heavy atom. The monoisotopic (exact) mass is 416 g/mol. The van der Waals surface area contributed by atoms with Gasteiger partial charge in [0.2, 0.25) is 10.0 Å². The van der Waals surface area contributed by atoms with Crippen molar-refractivity contribution in [2.24, 2.45) is 0 Å². The lowest BCUT2D eigenvalue weighted by Crippen LogP contribution is -2.37. The van der Waals surface area contributed by atoms with E-state index in [2.05, 4.69) is 10.0 Å². The molecule has 1 aliphatic rings. The first-order valence-electron chi connectivity index (χ1n) is 9.45. The molecule has 3 rings (SSSR count). The van der Waals surface area contributed by atoms with Crippen LogP contribution in [0.1, 0.15) is 48.7 Å². The maximum absolute atomic E-state index is 12.7. The molecular formula is C21H24N2O5S. The summed E-state index contributed by atoms with van der Waals surface area (Å²) >= 11 is 0. The van der Waals surface area contributed by atoms with Crippen LogP contribution in [0.25, 0.3) is 0 Å². The Morgan fingerprint density at radius 2 is 1.72 bits per heavy atom. The van der Waals surface area contributed by atoms with Crippen molar-refractivity contribution in [3.05, 3.63) is 65.7 Å². The first kappa shape index (κ1) is 21.0. The van der Waals surface area contributed by atoms with Gasteiger partial charge in [-0.05, 0) is 50.5 Å². The van der Waals surface area contributed by atoms with Crippen molar-refractivity contribution in [2.75, 3.05) is 0 Å². The number of rotatable bonds is 8. The van der Waals surface area contributed by atoms with Crippen molar-refractivity contribution in [2.45, 2.75) is 49.8 Å². The summed E-state index contributed by atoms with van der Waals surface area (Å²) in [5.41, 5.74) is 0.883. The van der Waals surface area contributed by atoms with Crippen LogP contribution < -0.4 is 10.0 Å². The van der Waals surface area contributed by atoms with Gasteiger partial charge in [-0.1, -0.05) is 36.4 Å². The van der Waals surface area contributed by atoms with Crippen LogP contribution in [0.15, 0.2) is 59.5 Å². The predicted molar refractivity (Wildman–Crippen MR) is 108 cm³/mol. The van der Waals surface area contributed by atoms with Gasteiger partial charge < -0.3 is 10.1 Å². The fraction of sp³-hybridized carbons (Fsp3) is 0.333. The molecule has 1 saturated carbocycles. The van der Waals surface area contributed by atoms with E-state index in [1.165, 1.54) is 31.2 Å². The Balaban J connectivity index is 1.68. The fourth-order valence-corrected chi connectivity index (χ4v) is 4.01. The SMILES string of the molecule is C[C@H](OC(=O)c1cccc(S(=O)(=O)N[C@H](C)c2ccccc2)c1)C(=O)NC1CC1. The number of ether oxygens (including phenoxy) is 1. The second-order valence-electron chi connectivity index (χ2n) is 7.11. The Hall–Kier alpha value is -2.71. The molecule has 0 saturated heterocycles. The molecule has 2 aromatic rings. The molecule has 0 unspecified atom stereocenters. The topological polar surface area (TPSA) is 102 Å². The van der Waals surface area contributed by atoms with Gasteiger partial charge in [0.15, 0.2) is 6.10 Å². The summed E-state index contributed by atoms with van der Waals surface area (Å²) in [7, 11) is -3.85. The third kappa shape index (κ3) is 5.65. The van der Waals surface area contributed by atoms with Gasteiger partial charge in [-0.15, -0.1) is 0 Å². The minimum absolute atomic E-state index is 0.0511. The van der Waals surface area contributed by atoms with Gasteiger partial charge in [0, 0.05) is 12.1 Å². The Bertz CT molecular complexity index is 987. The fourth-order valence-electron chi connectivity index (χ4n) is 2.73. The van der Waals surface area contributed by atoms with E-state index in [1.807, 2.05) is 30.3 Å². The van der Waals surface area contributed by atoms with Crippen molar-refractivity contribution in [1.82, 2.24) is 10.0 Å². The number of sulfonamides is 1. The molecule has 0 aromatic heterocycles. The van der Waals surface area contributed by atoms with Gasteiger partial charge in [-0.25, -0.2) is 17.9 Å². The molecule has 2 aromatic carbocycles. The largest absolute Gasteiger partial charge is 0.449 e. The van der Waals surface area contributed by atoms with Gasteiger partial charge in [-0.2, -0.15) is 0 Å². The summed E-state index contributed by atoms with van der Waals surface area (Å²) in [4.78, 5) is 24.3. The summed E-state index contributed by atoms with van der Waals surface area (Å²) in [5.74, 6) is -1.11. The Morgan fingerprint density at radius 1 is 1.03 bits per heavy atom. The van der Waals surface area contributed by atoms with Crippen LogP contribution in [0.5, 0.6) is 0 Å². The molecule has 0 heterocycles. The van der Waals surface area contributed by atoms with Gasteiger partial charge in [-0.3, -0.25) is 4.79 Å². The minimum atomic E-state index is -3.85. The van der Waals surface area contributed by atoms with E-state index in [4.69, 9.17) is 4.74 Å². The first-order chi connectivity index (χ1) is 13.8. The van der Waals surface area contributed by atoms with Gasteiger partial charge in [0.05, 0.1) is 10.5 Å². The van der Waals surface area contributed by atoms with E-state index in [0.717, 1.165) is 18.4 Å². The maximum Gasteiger partial charge on any atom is 0.338 e. The van der Waals surface area contributed by atoms with E-state index in [1.54, 1.807) is 6.92 Å². The number of amides is 1. The molecule has 0 spiro atoms. The molecular weight excluding hydrogens is 392 g/mol. The quantitative estimate of drug-likeness (QED) is 0.644. The molecule has 0 bridgehead atoms. The molecule has 2 N–H and O–H groups in total. The maximum atomic E-state index is 12.7. The first-order valence-corrected chi connectivity index (χ1v) is 10.9. The van der Waals surface area contributed by atoms with Gasteiger partial charge in [0.1, 0.15) is 0 Å². The van der Waals surface area contributed by atoms with E-state index in [9.17, 15) is 18.0 Å². The molecule has 1 fully saturated rings. The Labute approximate surface area is 170 Å². The number of carbonyl (C=O) groups is 2. The number of benzene rings is 2. The zero-order valence-corrected chi connectivity index (χ0v) is 17.1. The van der Waals surface area contributed by atoms with Crippen LogP contribution in [-0.4, -0.2) is 32.4 Å². The smallest absolute Gasteiger partial charge is 0.338 e. The van der Waals surface area contributed by atoms with E-state index in [-0.39, 0.29) is 22.4 Å². The predicted octanol–water partition coefficient (Wildman–Crippen LogP) is 2.55. The summed E-state index contributed by atoms with van der Waals surface area (Å²) in [6, 6.07) is 14.5. The highest BCUT2D eigenvalue weighted by Crippen LogP contribution is 2.20. The number of hydrogen-bond donors (Lipinski definition) is 2. The van der Waals surface area contributed by atoms with Crippen LogP contribution in [0.4, 0.5) is 0 Å². The van der Waals surface area contributed by atoms with E-state index < -0.39 is 28.1 Å². The highest BCUT2D eigenvalue weighted by atomic mass is 32.2. The third-order valence-corrected chi connectivity index (χ3v) is 6.13. The molecule has 154 valence electrons. The molecule has 1 aliphatic carbocycles. The summed E-state index contributed by atoms with van der Waals surface area (Å²) in [6.45, 7) is 3.23. The van der Waals surface area contributed by atoms with Crippen molar-refractivity contribution in [3.8, 4) is 0 Å². The summed E-state index contributed by atoms with van der Waals surface area (Å²) in [5, 5.41) is 2.76. The molecule has 0 aliphatic heterocycles. The molecule has 8 heteroatoms. The van der Waals surface area contributed by atoms with Gasteiger partial charge in [0.25, 0.3) is 5.91 Å². The third-order valence-electron chi connectivity index (χ3n) is 4.59. The lowest BCUT2D eigenvalue weighted by Gasteiger charge is -2.16. The van der Waals surface area contributed by atoms with Crippen molar-refractivity contribution in [3.63, 3.8) is 0 Å². The van der Waals surface area contributed by atoms with Gasteiger partial charge >= 0.3 is 5.97 Å². The summed E-state index contributed by atoms with van der Waals surface area (Å²) in [6.07, 6.45) is 0.904. The zero-order valence-electron chi connectivity index (χ0n) is 16.3. The second kappa shape index (κ2) is 8.75. The number of esters is 1. The van der Waals surface area contributed by atoms with Crippen LogP contribution in [-0.2, 0) is 19.6 Å². The average molecular weight is 416 g/mol. The highest BCUT2D eigenvalue weighted by molar-refractivity contribution is 7.89. The molecule has 7 nitrogen and oxygen atoms in total. The zero-order chi connectivity index (χ0) is 21.0. The van der Waals surface area contributed by atoms with Crippen LogP contribution in [0, 0.1) is 0 Å². The lowest BCUT2D eigenvalue weighted by molar-refractivity contribution is -0.129. The number of nitrogens with one attached hydrogen (secondary N) is 2.